The van der Waals surface area contributed by atoms with Gasteiger partial charge in [0.1, 0.15) is 12.6 Å². The Labute approximate surface area is 144 Å². The highest BCUT2D eigenvalue weighted by atomic mass is 16.4. The SMILES string of the molecule is O=C(CO)NC(Cc1ccc(NC(=O)c2ccccc2)cc1)C(=O)O. The van der Waals surface area contributed by atoms with Gasteiger partial charge in [0.05, 0.1) is 0 Å². The van der Waals surface area contributed by atoms with Crippen LogP contribution >= 0.6 is 0 Å². The van der Waals surface area contributed by atoms with Gasteiger partial charge in [0.15, 0.2) is 0 Å². The molecule has 0 aliphatic rings. The molecule has 0 spiro atoms. The minimum absolute atomic E-state index is 0.0635. The number of benzene rings is 2. The lowest BCUT2D eigenvalue weighted by Crippen LogP contribution is -2.43. The Bertz CT molecular complexity index is 744. The van der Waals surface area contributed by atoms with Crippen molar-refractivity contribution in [3.05, 3.63) is 65.7 Å². The Morgan fingerprint density at radius 2 is 1.60 bits per heavy atom. The first kappa shape index (κ1) is 18.2. The van der Waals surface area contributed by atoms with Gasteiger partial charge in [-0.25, -0.2) is 4.79 Å². The molecular weight excluding hydrogens is 324 g/mol. The van der Waals surface area contributed by atoms with E-state index < -0.39 is 24.5 Å². The van der Waals surface area contributed by atoms with Crippen LogP contribution in [-0.4, -0.2) is 40.6 Å². The van der Waals surface area contributed by atoms with E-state index in [9.17, 15) is 14.4 Å². The number of rotatable bonds is 7. The third kappa shape index (κ3) is 5.43. The van der Waals surface area contributed by atoms with Crippen LogP contribution in [0.15, 0.2) is 54.6 Å². The van der Waals surface area contributed by atoms with Gasteiger partial charge in [-0.1, -0.05) is 30.3 Å². The van der Waals surface area contributed by atoms with Gasteiger partial charge < -0.3 is 20.8 Å². The van der Waals surface area contributed by atoms with Crippen molar-refractivity contribution in [1.82, 2.24) is 5.32 Å². The average molecular weight is 342 g/mol. The molecule has 0 radical (unpaired) electrons. The molecule has 0 aromatic heterocycles. The molecule has 2 amide bonds. The first-order chi connectivity index (χ1) is 12.0. The van der Waals surface area contributed by atoms with Crippen LogP contribution in [0.3, 0.4) is 0 Å². The summed E-state index contributed by atoms with van der Waals surface area (Å²) >= 11 is 0. The smallest absolute Gasteiger partial charge is 0.326 e. The number of anilines is 1. The number of hydrogen-bond donors (Lipinski definition) is 4. The number of aliphatic carboxylic acids is 1. The predicted molar refractivity (Wildman–Crippen MR) is 91.2 cm³/mol. The van der Waals surface area contributed by atoms with Gasteiger partial charge in [-0.15, -0.1) is 0 Å². The Morgan fingerprint density at radius 3 is 2.16 bits per heavy atom. The molecule has 7 nitrogen and oxygen atoms in total. The van der Waals surface area contributed by atoms with E-state index in [0.29, 0.717) is 16.8 Å². The van der Waals surface area contributed by atoms with Crippen molar-refractivity contribution >= 4 is 23.5 Å². The van der Waals surface area contributed by atoms with Gasteiger partial charge in [-0.2, -0.15) is 0 Å². The van der Waals surface area contributed by atoms with Crippen LogP contribution in [-0.2, 0) is 16.0 Å². The molecule has 2 rings (SSSR count). The maximum Gasteiger partial charge on any atom is 0.326 e. The lowest BCUT2D eigenvalue weighted by molar-refractivity contribution is -0.142. The Morgan fingerprint density at radius 1 is 0.960 bits per heavy atom. The third-order valence-corrected chi connectivity index (χ3v) is 3.46. The standard InChI is InChI=1S/C18H18N2O5/c21-11-16(22)20-15(18(24)25)10-12-6-8-14(9-7-12)19-17(23)13-4-2-1-3-5-13/h1-9,15,21H,10-11H2,(H,19,23)(H,20,22)(H,24,25). The van der Waals surface area contributed by atoms with Crippen molar-refractivity contribution in [2.24, 2.45) is 0 Å². The van der Waals surface area contributed by atoms with E-state index in [2.05, 4.69) is 10.6 Å². The first-order valence-corrected chi connectivity index (χ1v) is 7.58. The number of hydrogen-bond acceptors (Lipinski definition) is 4. The molecule has 1 unspecified atom stereocenters. The van der Waals surface area contributed by atoms with E-state index >= 15 is 0 Å². The normalized spacial score (nSPS) is 11.4. The summed E-state index contributed by atoms with van der Waals surface area (Å²) in [5, 5.41) is 22.8. The summed E-state index contributed by atoms with van der Waals surface area (Å²) in [6.07, 6.45) is 0.0635. The number of carboxylic acid groups (broad SMARTS) is 1. The molecule has 0 saturated heterocycles. The molecule has 2 aromatic rings. The van der Waals surface area contributed by atoms with Crippen LogP contribution in [0.25, 0.3) is 0 Å². The molecule has 130 valence electrons. The van der Waals surface area contributed by atoms with Gasteiger partial charge in [0.25, 0.3) is 5.91 Å². The molecule has 0 saturated carbocycles. The first-order valence-electron chi connectivity index (χ1n) is 7.58. The predicted octanol–water partition coefficient (Wildman–Crippen LogP) is 1.04. The second kappa shape index (κ2) is 8.60. The van der Waals surface area contributed by atoms with Crippen molar-refractivity contribution in [2.75, 3.05) is 11.9 Å². The minimum atomic E-state index is -1.19. The second-order valence-corrected chi connectivity index (χ2v) is 5.34. The monoisotopic (exact) mass is 342 g/mol. The number of carboxylic acids is 1. The lowest BCUT2D eigenvalue weighted by Gasteiger charge is -2.14. The Hall–Kier alpha value is -3.19. The lowest BCUT2D eigenvalue weighted by atomic mass is 10.1. The molecule has 2 aromatic carbocycles. The Balaban J connectivity index is 2.00. The number of aliphatic hydroxyl groups excluding tert-OH is 1. The van der Waals surface area contributed by atoms with Crippen molar-refractivity contribution in [3.8, 4) is 0 Å². The van der Waals surface area contributed by atoms with Gasteiger partial charge in [0.2, 0.25) is 5.91 Å². The van der Waals surface area contributed by atoms with Crippen LogP contribution in [0.5, 0.6) is 0 Å². The molecular formula is C18H18N2O5. The van der Waals surface area contributed by atoms with Crippen molar-refractivity contribution < 1.29 is 24.6 Å². The van der Waals surface area contributed by atoms with E-state index in [1.807, 2.05) is 6.07 Å². The molecule has 0 fully saturated rings. The van der Waals surface area contributed by atoms with E-state index in [4.69, 9.17) is 10.2 Å². The number of carbonyl (C=O) groups is 3. The van der Waals surface area contributed by atoms with Gasteiger partial charge >= 0.3 is 5.97 Å². The fraction of sp³-hybridized carbons (Fsp3) is 0.167. The zero-order valence-corrected chi connectivity index (χ0v) is 13.3. The number of nitrogens with one attached hydrogen (secondary N) is 2. The quantitative estimate of drug-likeness (QED) is 0.600. The highest BCUT2D eigenvalue weighted by molar-refractivity contribution is 6.04. The highest BCUT2D eigenvalue weighted by Crippen LogP contribution is 2.13. The third-order valence-electron chi connectivity index (χ3n) is 3.46. The van der Waals surface area contributed by atoms with Gasteiger partial charge in [0, 0.05) is 17.7 Å². The summed E-state index contributed by atoms with van der Waals surface area (Å²) in [5.41, 5.74) is 1.77. The highest BCUT2D eigenvalue weighted by Gasteiger charge is 2.20. The summed E-state index contributed by atoms with van der Waals surface area (Å²) in [5.74, 6) is -2.19. The number of aliphatic hydroxyl groups is 1. The fourth-order valence-corrected chi connectivity index (χ4v) is 2.19. The molecule has 0 bridgehead atoms. The second-order valence-electron chi connectivity index (χ2n) is 5.34. The van der Waals surface area contributed by atoms with Crippen molar-refractivity contribution in [1.29, 1.82) is 0 Å². The molecule has 4 N–H and O–H groups in total. The van der Waals surface area contributed by atoms with E-state index in [-0.39, 0.29) is 12.3 Å². The number of carbonyl (C=O) groups excluding carboxylic acids is 2. The van der Waals surface area contributed by atoms with Crippen molar-refractivity contribution in [2.45, 2.75) is 12.5 Å². The zero-order chi connectivity index (χ0) is 18.2. The molecule has 7 heteroatoms. The summed E-state index contributed by atoms with van der Waals surface area (Å²) in [6, 6.07) is 14.3. The van der Waals surface area contributed by atoms with E-state index in [0.717, 1.165) is 0 Å². The summed E-state index contributed by atoms with van der Waals surface area (Å²) in [6.45, 7) is -0.770. The molecule has 0 heterocycles. The molecule has 1 atom stereocenters. The van der Waals surface area contributed by atoms with Crippen LogP contribution in [0.2, 0.25) is 0 Å². The van der Waals surface area contributed by atoms with Crippen LogP contribution in [0, 0.1) is 0 Å². The van der Waals surface area contributed by atoms with Crippen LogP contribution in [0.1, 0.15) is 15.9 Å². The van der Waals surface area contributed by atoms with Crippen LogP contribution < -0.4 is 10.6 Å². The van der Waals surface area contributed by atoms with Crippen molar-refractivity contribution in [3.63, 3.8) is 0 Å². The topological polar surface area (TPSA) is 116 Å². The van der Waals surface area contributed by atoms with E-state index in [1.165, 1.54) is 0 Å². The Kier molecular flexibility index (Phi) is 6.25. The number of amides is 2. The summed E-state index contributed by atoms with van der Waals surface area (Å²) in [4.78, 5) is 34.4. The van der Waals surface area contributed by atoms with Gasteiger partial charge in [-0.05, 0) is 29.8 Å². The van der Waals surface area contributed by atoms with Gasteiger partial charge in [-0.3, -0.25) is 9.59 Å². The molecule has 25 heavy (non-hydrogen) atoms. The molecule has 0 aliphatic heterocycles. The van der Waals surface area contributed by atoms with Crippen LogP contribution in [0.4, 0.5) is 5.69 Å². The summed E-state index contributed by atoms with van der Waals surface area (Å²) < 4.78 is 0. The minimum Gasteiger partial charge on any atom is -0.480 e. The summed E-state index contributed by atoms with van der Waals surface area (Å²) in [7, 11) is 0. The average Bonchev–Trinajstić information content (AvgIpc) is 2.63. The zero-order valence-electron chi connectivity index (χ0n) is 13.3. The largest absolute Gasteiger partial charge is 0.480 e. The molecule has 0 aliphatic carbocycles. The maximum atomic E-state index is 12.1. The fourth-order valence-electron chi connectivity index (χ4n) is 2.19. The maximum absolute atomic E-state index is 12.1. The van der Waals surface area contributed by atoms with E-state index in [1.54, 1.807) is 48.5 Å².